The summed E-state index contributed by atoms with van der Waals surface area (Å²) in [6.07, 6.45) is 1.89. The Hall–Kier alpha value is -1.65. The van der Waals surface area contributed by atoms with Gasteiger partial charge in [-0.2, -0.15) is 0 Å². The quantitative estimate of drug-likeness (QED) is 0.343. The number of piperidine rings is 1. The molecule has 0 bridgehead atoms. The number of halogens is 3. The minimum Gasteiger partial charge on any atom is -0.357 e. The molecule has 1 saturated heterocycles. The molecule has 0 unspecified atom stereocenters. The van der Waals surface area contributed by atoms with E-state index in [9.17, 15) is 13.6 Å². The van der Waals surface area contributed by atoms with Crippen LogP contribution in [0.1, 0.15) is 25.3 Å². The highest BCUT2D eigenvalue weighted by Gasteiger charge is 2.21. The summed E-state index contributed by atoms with van der Waals surface area (Å²) in [5, 5.41) is 6.46. The highest BCUT2D eigenvalue weighted by atomic mass is 127. The molecule has 0 saturated carbocycles. The Labute approximate surface area is 169 Å². The lowest BCUT2D eigenvalue weighted by molar-refractivity contribution is 0.188. The molecule has 0 aromatic heterocycles. The fourth-order valence-corrected chi connectivity index (χ4v) is 2.79. The number of primary amides is 1. The van der Waals surface area contributed by atoms with Crippen LogP contribution in [0.2, 0.25) is 0 Å². The predicted molar refractivity (Wildman–Crippen MR) is 109 cm³/mol. The molecule has 146 valence electrons. The number of hydrogen-bond acceptors (Lipinski definition) is 2. The fraction of sp³-hybridized carbons (Fsp3) is 0.529. The van der Waals surface area contributed by atoms with Crippen LogP contribution in [0.3, 0.4) is 0 Å². The Balaban J connectivity index is 0.00000338. The van der Waals surface area contributed by atoms with Gasteiger partial charge in [0.05, 0.1) is 0 Å². The molecule has 26 heavy (non-hydrogen) atoms. The van der Waals surface area contributed by atoms with Crippen molar-refractivity contribution in [2.24, 2.45) is 10.7 Å². The first-order valence-electron chi connectivity index (χ1n) is 8.53. The lowest BCUT2D eigenvalue weighted by atomic mass is 10.1. The van der Waals surface area contributed by atoms with Gasteiger partial charge in [0, 0.05) is 32.2 Å². The van der Waals surface area contributed by atoms with E-state index in [1.54, 1.807) is 11.0 Å². The van der Waals surface area contributed by atoms with Gasteiger partial charge in [0.2, 0.25) is 0 Å². The van der Waals surface area contributed by atoms with E-state index < -0.39 is 17.7 Å². The number of guanidine groups is 1. The Morgan fingerprint density at radius 3 is 2.65 bits per heavy atom. The van der Waals surface area contributed by atoms with E-state index in [1.807, 2.05) is 6.92 Å². The largest absolute Gasteiger partial charge is 0.357 e. The standard InChI is InChI=1S/C17H25F2N5O.HI/c1-2-21-17(23-13-7-10-24(11-8-13)16(20)25)22-9-6-12-4-3-5-14(18)15(12)19;/h3-5,13H,2,6-11H2,1H3,(H2,20,25)(H2,21,22,23);1H. The van der Waals surface area contributed by atoms with E-state index in [-0.39, 0.29) is 30.0 Å². The van der Waals surface area contributed by atoms with E-state index in [0.29, 0.717) is 44.1 Å². The number of carbonyl (C=O) groups is 1. The van der Waals surface area contributed by atoms with Crippen molar-refractivity contribution in [1.29, 1.82) is 0 Å². The van der Waals surface area contributed by atoms with E-state index in [2.05, 4.69) is 15.6 Å². The van der Waals surface area contributed by atoms with Crippen molar-refractivity contribution >= 4 is 36.0 Å². The molecule has 0 aliphatic carbocycles. The number of likely N-dealkylation sites (tertiary alicyclic amines) is 1. The second-order valence-electron chi connectivity index (χ2n) is 5.97. The summed E-state index contributed by atoms with van der Waals surface area (Å²) >= 11 is 0. The normalized spacial score (nSPS) is 15.3. The Morgan fingerprint density at radius 2 is 2.04 bits per heavy atom. The maximum absolute atomic E-state index is 13.7. The molecule has 0 radical (unpaired) electrons. The average molecular weight is 481 g/mol. The van der Waals surface area contributed by atoms with Crippen LogP contribution in [-0.4, -0.2) is 49.1 Å². The maximum atomic E-state index is 13.7. The molecule has 1 aromatic carbocycles. The van der Waals surface area contributed by atoms with Gasteiger partial charge in [-0.05, 0) is 37.8 Å². The first-order valence-corrected chi connectivity index (χ1v) is 8.53. The molecule has 4 N–H and O–H groups in total. The first-order chi connectivity index (χ1) is 12.0. The molecule has 9 heteroatoms. The van der Waals surface area contributed by atoms with Crippen LogP contribution in [0.15, 0.2) is 23.2 Å². The Kier molecular flexibility index (Phi) is 9.60. The lowest BCUT2D eigenvalue weighted by Gasteiger charge is -2.32. The smallest absolute Gasteiger partial charge is 0.314 e. The molecule has 1 aromatic rings. The zero-order valence-corrected chi connectivity index (χ0v) is 17.1. The SMILES string of the molecule is CCNC(=NCCc1cccc(F)c1F)NC1CCN(C(N)=O)CC1.I. The molecule has 2 amide bonds. The predicted octanol–water partition coefficient (Wildman–Crippen LogP) is 2.22. The molecule has 0 spiro atoms. The third-order valence-corrected chi connectivity index (χ3v) is 4.17. The number of nitrogens with two attached hydrogens (primary N) is 1. The van der Waals surface area contributed by atoms with Gasteiger partial charge in [-0.1, -0.05) is 12.1 Å². The third kappa shape index (κ3) is 6.58. The number of carbonyl (C=O) groups excluding carboxylic acids is 1. The molecule has 0 atom stereocenters. The van der Waals surface area contributed by atoms with Crippen LogP contribution in [-0.2, 0) is 6.42 Å². The van der Waals surface area contributed by atoms with E-state index in [1.165, 1.54) is 6.07 Å². The van der Waals surface area contributed by atoms with Crippen molar-refractivity contribution in [2.45, 2.75) is 32.2 Å². The number of amides is 2. The van der Waals surface area contributed by atoms with Crippen molar-refractivity contribution in [1.82, 2.24) is 15.5 Å². The number of nitrogens with zero attached hydrogens (tertiary/aromatic N) is 2. The molecular weight excluding hydrogens is 455 g/mol. The monoisotopic (exact) mass is 481 g/mol. The fourth-order valence-electron chi connectivity index (χ4n) is 2.79. The average Bonchev–Trinajstić information content (AvgIpc) is 2.59. The van der Waals surface area contributed by atoms with E-state index in [4.69, 9.17) is 5.73 Å². The molecule has 2 rings (SSSR count). The number of hydrogen-bond donors (Lipinski definition) is 3. The van der Waals surface area contributed by atoms with Gasteiger partial charge in [-0.15, -0.1) is 24.0 Å². The minimum absolute atomic E-state index is 0. The second-order valence-corrected chi connectivity index (χ2v) is 5.97. The topological polar surface area (TPSA) is 82.8 Å². The Morgan fingerprint density at radius 1 is 1.35 bits per heavy atom. The van der Waals surface area contributed by atoms with E-state index in [0.717, 1.165) is 18.9 Å². The molecule has 6 nitrogen and oxygen atoms in total. The van der Waals surface area contributed by atoms with Crippen molar-refractivity contribution in [3.8, 4) is 0 Å². The van der Waals surface area contributed by atoms with Crippen LogP contribution in [0, 0.1) is 11.6 Å². The molecule has 1 heterocycles. The van der Waals surface area contributed by atoms with Crippen LogP contribution >= 0.6 is 24.0 Å². The zero-order valence-electron chi connectivity index (χ0n) is 14.8. The van der Waals surface area contributed by atoms with Crippen molar-refractivity contribution in [3.63, 3.8) is 0 Å². The lowest BCUT2D eigenvalue weighted by Crippen LogP contribution is -2.50. The summed E-state index contributed by atoms with van der Waals surface area (Å²) in [4.78, 5) is 17.2. The van der Waals surface area contributed by atoms with Gasteiger partial charge in [0.15, 0.2) is 17.6 Å². The summed E-state index contributed by atoms with van der Waals surface area (Å²) in [7, 11) is 0. The molecule has 1 aliphatic rings. The number of rotatable bonds is 5. The maximum Gasteiger partial charge on any atom is 0.314 e. The summed E-state index contributed by atoms with van der Waals surface area (Å²) in [6.45, 7) is 4.22. The molecular formula is C17H26F2IN5O. The molecule has 1 fully saturated rings. The third-order valence-electron chi connectivity index (χ3n) is 4.17. The number of urea groups is 1. The minimum atomic E-state index is -0.840. The van der Waals surface area contributed by atoms with Gasteiger partial charge in [-0.25, -0.2) is 13.6 Å². The summed E-state index contributed by atoms with van der Waals surface area (Å²) in [5.74, 6) is -1.01. The number of aliphatic imine (C=N–C) groups is 1. The summed E-state index contributed by atoms with van der Waals surface area (Å²) in [5.41, 5.74) is 5.59. The molecule has 1 aliphatic heterocycles. The van der Waals surface area contributed by atoms with Crippen molar-refractivity contribution < 1.29 is 13.6 Å². The highest BCUT2D eigenvalue weighted by Crippen LogP contribution is 2.12. The van der Waals surface area contributed by atoms with E-state index >= 15 is 0 Å². The van der Waals surface area contributed by atoms with Gasteiger partial charge < -0.3 is 21.3 Å². The van der Waals surface area contributed by atoms with Crippen molar-refractivity contribution in [2.75, 3.05) is 26.2 Å². The number of nitrogens with one attached hydrogen (secondary N) is 2. The van der Waals surface area contributed by atoms with Crippen LogP contribution in [0.25, 0.3) is 0 Å². The first kappa shape index (κ1) is 22.4. The second kappa shape index (κ2) is 11.1. The van der Waals surface area contributed by atoms with Gasteiger partial charge in [0.1, 0.15) is 0 Å². The van der Waals surface area contributed by atoms with Gasteiger partial charge in [-0.3, -0.25) is 4.99 Å². The summed E-state index contributed by atoms with van der Waals surface area (Å²) < 4.78 is 26.9. The Bertz CT molecular complexity index is 621. The number of benzene rings is 1. The van der Waals surface area contributed by atoms with Gasteiger partial charge >= 0.3 is 6.03 Å². The van der Waals surface area contributed by atoms with Crippen LogP contribution in [0.4, 0.5) is 13.6 Å². The van der Waals surface area contributed by atoms with Crippen LogP contribution in [0.5, 0.6) is 0 Å². The van der Waals surface area contributed by atoms with Gasteiger partial charge in [0.25, 0.3) is 0 Å². The van der Waals surface area contributed by atoms with Crippen LogP contribution < -0.4 is 16.4 Å². The highest BCUT2D eigenvalue weighted by molar-refractivity contribution is 14.0. The summed E-state index contributed by atoms with van der Waals surface area (Å²) in [6, 6.07) is 3.96. The van der Waals surface area contributed by atoms with Crippen molar-refractivity contribution in [3.05, 3.63) is 35.4 Å². The zero-order chi connectivity index (χ0) is 18.2.